The van der Waals surface area contributed by atoms with Crippen molar-refractivity contribution >= 4 is 17.3 Å². The summed E-state index contributed by atoms with van der Waals surface area (Å²) in [5, 5.41) is 25.6. The average molecular weight is 281 g/mol. The van der Waals surface area contributed by atoms with Gasteiger partial charge in [-0.15, -0.1) is 0 Å². The van der Waals surface area contributed by atoms with Crippen LogP contribution in [0.4, 0.5) is 11.4 Å². The molecule has 7 nitrogen and oxygen atoms in total. The second-order valence-electron chi connectivity index (χ2n) is 4.41. The van der Waals surface area contributed by atoms with Crippen molar-refractivity contribution in [3.8, 4) is 0 Å². The molecule has 0 aromatic heterocycles. The molecule has 7 heteroatoms. The fourth-order valence-corrected chi connectivity index (χ4v) is 1.66. The molecule has 1 aromatic rings. The molecule has 0 spiro atoms. The van der Waals surface area contributed by atoms with Crippen molar-refractivity contribution in [2.45, 2.75) is 26.4 Å². The van der Waals surface area contributed by atoms with E-state index in [1.807, 2.05) is 0 Å². The van der Waals surface area contributed by atoms with Crippen LogP contribution in [-0.4, -0.2) is 35.1 Å². The van der Waals surface area contributed by atoms with Gasteiger partial charge in [0.2, 0.25) is 0 Å². The summed E-state index contributed by atoms with van der Waals surface area (Å²) in [5.74, 6) is -0.277. The van der Waals surface area contributed by atoms with Crippen molar-refractivity contribution < 1.29 is 14.8 Å². The standard InChI is InChI=1S/C13H19N3O4/c1-3-14-13(18)10-4-5-12(16(19)20)11(8-10)15-7-6-9(2)17/h4-5,8-9,15,17H,3,6-7H2,1-2H3,(H,14,18). The van der Waals surface area contributed by atoms with E-state index in [0.29, 0.717) is 25.1 Å². The summed E-state index contributed by atoms with van der Waals surface area (Å²) >= 11 is 0. The minimum Gasteiger partial charge on any atom is -0.393 e. The highest BCUT2D eigenvalue weighted by Crippen LogP contribution is 2.25. The van der Waals surface area contributed by atoms with Crippen molar-refractivity contribution in [2.75, 3.05) is 18.4 Å². The van der Waals surface area contributed by atoms with Crippen LogP contribution in [0.5, 0.6) is 0 Å². The Bertz CT molecular complexity index is 489. The molecule has 0 heterocycles. The average Bonchev–Trinajstić information content (AvgIpc) is 2.38. The first-order valence-electron chi connectivity index (χ1n) is 6.44. The van der Waals surface area contributed by atoms with Crippen LogP contribution in [0.1, 0.15) is 30.6 Å². The lowest BCUT2D eigenvalue weighted by molar-refractivity contribution is -0.384. The van der Waals surface area contributed by atoms with E-state index in [1.165, 1.54) is 18.2 Å². The summed E-state index contributed by atoms with van der Waals surface area (Å²) in [6, 6.07) is 4.17. The molecule has 0 radical (unpaired) electrons. The maximum Gasteiger partial charge on any atom is 0.292 e. The van der Waals surface area contributed by atoms with Crippen LogP contribution in [0.25, 0.3) is 0 Å². The number of anilines is 1. The highest BCUT2D eigenvalue weighted by Gasteiger charge is 2.16. The topological polar surface area (TPSA) is 104 Å². The van der Waals surface area contributed by atoms with Gasteiger partial charge in [0.25, 0.3) is 11.6 Å². The van der Waals surface area contributed by atoms with Crippen LogP contribution in [0, 0.1) is 10.1 Å². The Morgan fingerprint density at radius 3 is 2.75 bits per heavy atom. The third kappa shape index (κ3) is 4.51. The molecular formula is C13H19N3O4. The van der Waals surface area contributed by atoms with Gasteiger partial charge in [-0.1, -0.05) is 0 Å². The molecule has 0 fully saturated rings. The maximum atomic E-state index is 11.7. The van der Waals surface area contributed by atoms with Gasteiger partial charge < -0.3 is 15.7 Å². The normalized spacial score (nSPS) is 11.8. The molecule has 1 amide bonds. The molecule has 0 aliphatic heterocycles. The zero-order valence-electron chi connectivity index (χ0n) is 11.5. The van der Waals surface area contributed by atoms with Gasteiger partial charge in [0.05, 0.1) is 11.0 Å². The van der Waals surface area contributed by atoms with Gasteiger partial charge >= 0.3 is 0 Å². The van der Waals surface area contributed by atoms with Crippen molar-refractivity contribution in [1.29, 1.82) is 0 Å². The Hall–Kier alpha value is -2.15. The largest absolute Gasteiger partial charge is 0.393 e. The number of hydrogen-bond donors (Lipinski definition) is 3. The SMILES string of the molecule is CCNC(=O)c1ccc([N+](=O)[O-])c(NCCC(C)O)c1. The van der Waals surface area contributed by atoms with Crippen LogP contribution in [-0.2, 0) is 0 Å². The van der Waals surface area contributed by atoms with Gasteiger partial charge in [-0.05, 0) is 32.4 Å². The number of nitro benzene ring substituents is 1. The van der Waals surface area contributed by atoms with Gasteiger partial charge in [0.1, 0.15) is 5.69 Å². The van der Waals surface area contributed by atoms with Gasteiger partial charge in [-0.2, -0.15) is 0 Å². The first-order valence-corrected chi connectivity index (χ1v) is 6.44. The second-order valence-corrected chi connectivity index (χ2v) is 4.41. The molecular weight excluding hydrogens is 262 g/mol. The predicted octanol–water partition coefficient (Wildman–Crippen LogP) is 1.53. The summed E-state index contributed by atoms with van der Waals surface area (Å²) in [6.45, 7) is 4.31. The number of nitrogens with zero attached hydrogens (tertiary/aromatic N) is 1. The first-order chi connectivity index (χ1) is 9.45. The van der Waals surface area contributed by atoms with Gasteiger partial charge in [0.15, 0.2) is 0 Å². The van der Waals surface area contributed by atoms with Crippen LogP contribution < -0.4 is 10.6 Å². The molecule has 3 N–H and O–H groups in total. The Morgan fingerprint density at radius 1 is 1.50 bits per heavy atom. The fraction of sp³-hybridized carbons (Fsp3) is 0.462. The van der Waals surface area contributed by atoms with E-state index < -0.39 is 11.0 Å². The van der Waals surface area contributed by atoms with Crippen molar-refractivity contribution in [2.24, 2.45) is 0 Å². The zero-order valence-corrected chi connectivity index (χ0v) is 11.5. The summed E-state index contributed by atoms with van der Waals surface area (Å²) in [5.41, 5.74) is 0.542. The molecule has 1 aromatic carbocycles. The highest BCUT2D eigenvalue weighted by atomic mass is 16.6. The minimum atomic E-state index is -0.508. The predicted molar refractivity (Wildman–Crippen MR) is 75.9 cm³/mol. The summed E-state index contributed by atoms with van der Waals surface area (Å²) in [7, 11) is 0. The molecule has 0 bridgehead atoms. The summed E-state index contributed by atoms with van der Waals surface area (Å²) in [6.07, 6.45) is -0.0316. The number of carbonyl (C=O) groups excluding carboxylic acids is 1. The van der Waals surface area contributed by atoms with Crippen molar-refractivity contribution in [3.05, 3.63) is 33.9 Å². The van der Waals surface area contributed by atoms with Crippen LogP contribution in [0.3, 0.4) is 0 Å². The number of rotatable bonds is 7. The van der Waals surface area contributed by atoms with Gasteiger partial charge in [0, 0.05) is 24.7 Å². The smallest absolute Gasteiger partial charge is 0.292 e. The van der Waals surface area contributed by atoms with Gasteiger partial charge in [-0.3, -0.25) is 14.9 Å². The van der Waals surface area contributed by atoms with E-state index >= 15 is 0 Å². The van der Waals surface area contributed by atoms with Crippen LogP contribution >= 0.6 is 0 Å². The quantitative estimate of drug-likeness (QED) is 0.519. The number of aliphatic hydroxyl groups excluding tert-OH is 1. The number of nitrogens with one attached hydrogen (secondary N) is 2. The Balaban J connectivity index is 2.93. The Labute approximate surface area is 117 Å². The molecule has 0 saturated carbocycles. The lowest BCUT2D eigenvalue weighted by Gasteiger charge is -2.10. The molecule has 0 saturated heterocycles. The molecule has 110 valence electrons. The van der Waals surface area contributed by atoms with E-state index in [2.05, 4.69) is 10.6 Å². The van der Waals surface area contributed by atoms with E-state index in [4.69, 9.17) is 0 Å². The monoisotopic (exact) mass is 281 g/mol. The Kier molecular flexibility index (Phi) is 5.92. The maximum absolute atomic E-state index is 11.7. The van der Waals surface area contributed by atoms with E-state index in [1.54, 1.807) is 13.8 Å². The Morgan fingerprint density at radius 2 is 2.20 bits per heavy atom. The number of nitro groups is 1. The number of hydrogen-bond acceptors (Lipinski definition) is 5. The number of aliphatic hydroxyl groups is 1. The highest BCUT2D eigenvalue weighted by molar-refractivity contribution is 5.95. The fourth-order valence-electron chi connectivity index (χ4n) is 1.66. The summed E-state index contributed by atoms with van der Waals surface area (Å²) in [4.78, 5) is 22.1. The number of benzene rings is 1. The zero-order chi connectivity index (χ0) is 15.1. The summed E-state index contributed by atoms with van der Waals surface area (Å²) < 4.78 is 0. The van der Waals surface area contributed by atoms with Crippen LogP contribution in [0.2, 0.25) is 0 Å². The molecule has 1 rings (SSSR count). The first kappa shape index (κ1) is 15.9. The number of carbonyl (C=O) groups is 1. The lowest BCUT2D eigenvalue weighted by atomic mass is 10.1. The molecule has 0 aliphatic carbocycles. The third-order valence-electron chi connectivity index (χ3n) is 2.67. The van der Waals surface area contributed by atoms with E-state index in [0.717, 1.165) is 0 Å². The molecule has 1 unspecified atom stereocenters. The number of amides is 1. The molecule has 1 atom stereocenters. The minimum absolute atomic E-state index is 0.0939. The van der Waals surface area contributed by atoms with E-state index in [-0.39, 0.29) is 17.3 Å². The van der Waals surface area contributed by atoms with Crippen molar-refractivity contribution in [1.82, 2.24) is 5.32 Å². The van der Waals surface area contributed by atoms with Crippen molar-refractivity contribution in [3.63, 3.8) is 0 Å². The van der Waals surface area contributed by atoms with E-state index in [9.17, 15) is 20.0 Å². The second kappa shape index (κ2) is 7.44. The molecule has 0 aliphatic rings. The van der Waals surface area contributed by atoms with Gasteiger partial charge in [-0.25, -0.2) is 0 Å². The third-order valence-corrected chi connectivity index (χ3v) is 2.67. The molecule has 20 heavy (non-hydrogen) atoms. The lowest BCUT2D eigenvalue weighted by Crippen LogP contribution is -2.22. The van der Waals surface area contributed by atoms with Crippen LogP contribution in [0.15, 0.2) is 18.2 Å².